The first kappa shape index (κ1) is 13.9. The zero-order valence-electron chi connectivity index (χ0n) is 12.9. The minimum Gasteiger partial charge on any atom is -0.0801 e. The summed E-state index contributed by atoms with van der Waals surface area (Å²) in [6, 6.07) is 0. The van der Waals surface area contributed by atoms with Crippen LogP contribution in [0.25, 0.3) is 0 Å². The maximum Gasteiger partial charge on any atom is -0.00185 e. The number of rotatable bonds is 5. The molecule has 0 aliphatic heterocycles. The molecule has 2 atom stereocenters. The van der Waals surface area contributed by atoms with Crippen molar-refractivity contribution in [2.75, 3.05) is 0 Å². The smallest absolute Gasteiger partial charge is 0.00185 e. The Kier molecular flexibility index (Phi) is 4.04. The van der Waals surface area contributed by atoms with Crippen molar-refractivity contribution in [2.45, 2.75) is 66.7 Å². The second-order valence-corrected chi connectivity index (χ2v) is 7.01. The van der Waals surface area contributed by atoms with Crippen LogP contribution < -0.4 is 0 Å². The van der Waals surface area contributed by atoms with Gasteiger partial charge >= 0.3 is 0 Å². The molecule has 0 fully saturated rings. The van der Waals surface area contributed by atoms with Crippen molar-refractivity contribution in [3.8, 4) is 0 Å². The van der Waals surface area contributed by atoms with E-state index in [9.17, 15) is 0 Å². The van der Waals surface area contributed by atoms with Crippen LogP contribution in [0.3, 0.4) is 0 Å². The fourth-order valence-electron chi connectivity index (χ4n) is 4.19. The van der Waals surface area contributed by atoms with Gasteiger partial charge in [0.2, 0.25) is 0 Å². The van der Waals surface area contributed by atoms with Gasteiger partial charge in [-0.3, -0.25) is 0 Å². The van der Waals surface area contributed by atoms with Gasteiger partial charge in [-0.1, -0.05) is 65.2 Å². The standard InChI is InChI=1S/C18H30/c1-6-7-11-18(14(4)5)12-16(13(2)3)15-9-8-10-17(15)18/h8,10,13-14,16H,6-7,9,11-12H2,1-5H3. The predicted octanol–water partition coefficient (Wildman–Crippen LogP) is 5.75. The molecule has 0 aromatic rings. The lowest BCUT2D eigenvalue weighted by atomic mass is 9.67. The Hall–Kier alpha value is -0.520. The Balaban J connectivity index is 2.33. The highest BCUT2D eigenvalue weighted by Crippen LogP contribution is 2.58. The Morgan fingerprint density at radius 3 is 2.56 bits per heavy atom. The van der Waals surface area contributed by atoms with Crippen molar-refractivity contribution in [1.82, 2.24) is 0 Å². The average Bonchev–Trinajstić information content (AvgIpc) is 2.87. The summed E-state index contributed by atoms with van der Waals surface area (Å²) in [5.41, 5.74) is 4.02. The maximum atomic E-state index is 2.47. The van der Waals surface area contributed by atoms with E-state index in [0.717, 1.165) is 17.8 Å². The fourth-order valence-corrected chi connectivity index (χ4v) is 4.19. The number of unbranched alkanes of at least 4 members (excludes halogenated alkanes) is 1. The van der Waals surface area contributed by atoms with Crippen LogP contribution in [0, 0.1) is 23.2 Å². The third-order valence-electron chi connectivity index (χ3n) is 5.42. The van der Waals surface area contributed by atoms with Gasteiger partial charge in [-0.15, -0.1) is 0 Å². The van der Waals surface area contributed by atoms with Crippen LogP contribution in [0.5, 0.6) is 0 Å². The Labute approximate surface area is 114 Å². The largest absolute Gasteiger partial charge is 0.0801 e. The molecule has 0 nitrogen and oxygen atoms in total. The van der Waals surface area contributed by atoms with Gasteiger partial charge in [0, 0.05) is 0 Å². The molecule has 0 bridgehead atoms. The molecule has 0 aromatic carbocycles. The van der Waals surface area contributed by atoms with E-state index in [4.69, 9.17) is 0 Å². The van der Waals surface area contributed by atoms with E-state index in [1.807, 2.05) is 0 Å². The van der Waals surface area contributed by atoms with E-state index in [1.54, 1.807) is 11.1 Å². The lowest BCUT2D eigenvalue weighted by Gasteiger charge is -2.37. The van der Waals surface area contributed by atoms with Gasteiger partial charge < -0.3 is 0 Å². The summed E-state index contributed by atoms with van der Waals surface area (Å²) in [6.45, 7) is 12.0. The monoisotopic (exact) mass is 246 g/mol. The normalized spacial score (nSPS) is 30.9. The zero-order chi connectivity index (χ0) is 13.3. The third kappa shape index (κ3) is 2.08. The van der Waals surface area contributed by atoms with E-state index in [-0.39, 0.29) is 0 Å². The molecule has 2 aliphatic rings. The van der Waals surface area contributed by atoms with Gasteiger partial charge in [-0.25, -0.2) is 0 Å². The van der Waals surface area contributed by atoms with Crippen LogP contribution in [0.4, 0.5) is 0 Å². The molecule has 0 spiro atoms. The van der Waals surface area contributed by atoms with Crippen molar-refractivity contribution in [1.29, 1.82) is 0 Å². The fraction of sp³-hybridized carbons (Fsp3) is 0.778. The van der Waals surface area contributed by atoms with Crippen molar-refractivity contribution < 1.29 is 0 Å². The van der Waals surface area contributed by atoms with Crippen molar-refractivity contribution in [3.05, 3.63) is 23.3 Å². The quantitative estimate of drug-likeness (QED) is 0.579. The van der Waals surface area contributed by atoms with E-state index < -0.39 is 0 Å². The van der Waals surface area contributed by atoms with Gasteiger partial charge in [-0.05, 0) is 48.0 Å². The highest BCUT2D eigenvalue weighted by molar-refractivity contribution is 5.45. The Bertz CT molecular complexity index is 356. The van der Waals surface area contributed by atoms with Crippen LogP contribution >= 0.6 is 0 Å². The first-order valence-electron chi connectivity index (χ1n) is 7.93. The molecule has 0 radical (unpaired) electrons. The van der Waals surface area contributed by atoms with Crippen LogP contribution in [0.2, 0.25) is 0 Å². The van der Waals surface area contributed by atoms with E-state index in [2.05, 4.69) is 46.8 Å². The molecule has 0 saturated heterocycles. The van der Waals surface area contributed by atoms with Gasteiger partial charge in [0.15, 0.2) is 0 Å². The van der Waals surface area contributed by atoms with Crippen LogP contribution in [-0.2, 0) is 0 Å². The van der Waals surface area contributed by atoms with Crippen LogP contribution in [-0.4, -0.2) is 0 Å². The van der Waals surface area contributed by atoms with Crippen LogP contribution in [0.15, 0.2) is 23.3 Å². The molecule has 102 valence electrons. The first-order valence-corrected chi connectivity index (χ1v) is 7.93. The zero-order valence-corrected chi connectivity index (χ0v) is 12.9. The molecule has 2 aliphatic carbocycles. The highest BCUT2D eigenvalue weighted by Gasteiger charge is 2.47. The number of allylic oxidation sites excluding steroid dienone is 4. The molecule has 2 unspecified atom stereocenters. The SMILES string of the molecule is CCCCC1(C(C)C)CC(C(C)C)C2=C1C=CC2. The number of hydrogen-bond acceptors (Lipinski definition) is 0. The molecule has 0 saturated carbocycles. The first-order chi connectivity index (χ1) is 8.53. The van der Waals surface area contributed by atoms with Gasteiger partial charge in [-0.2, -0.15) is 0 Å². The van der Waals surface area contributed by atoms with Crippen molar-refractivity contribution in [2.24, 2.45) is 23.2 Å². The summed E-state index contributed by atoms with van der Waals surface area (Å²) in [6.07, 6.45) is 11.6. The number of hydrogen-bond donors (Lipinski definition) is 0. The van der Waals surface area contributed by atoms with E-state index >= 15 is 0 Å². The average molecular weight is 246 g/mol. The van der Waals surface area contributed by atoms with E-state index in [0.29, 0.717) is 5.41 Å². The molecule has 0 aromatic heterocycles. The van der Waals surface area contributed by atoms with Gasteiger partial charge in [0.05, 0.1) is 0 Å². The summed E-state index contributed by atoms with van der Waals surface area (Å²) >= 11 is 0. The van der Waals surface area contributed by atoms with Crippen molar-refractivity contribution in [3.63, 3.8) is 0 Å². The lowest BCUT2D eigenvalue weighted by molar-refractivity contribution is 0.189. The molecule has 0 heteroatoms. The minimum atomic E-state index is 0.493. The summed E-state index contributed by atoms with van der Waals surface area (Å²) in [4.78, 5) is 0. The second-order valence-electron chi connectivity index (χ2n) is 7.01. The summed E-state index contributed by atoms with van der Waals surface area (Å²) in [5.74, 6) is 2.42. The molecular formula is C18H30. The van der Waals surface area contributed by atoms with Gasteiger partial charge in [0.25, 0.3) is 0 Å². The second kappa shape index (κ2) is 5.23. The topological polar surface area (TPSA) is 0 Å². The molecule has 2 rings (SSSR count). The van der Waals surface area contributed by atoms with Crippen molar-refractivity contribution >= 4 is 0 Å². The minimum absolute atomic E-state index is 0.493. The molecule has 18 heavy (non-hydrogen) atoms. The molecule has 0 N–H and O–H groups in total. The summed E-state index contributed by atoms with van der Waals surface area (Å²) < 4.78 is 0. The Morgan fingerprint density at radius 1 is 1.28 bits per heavy atom. The molecule has 0 amide bonds. The molecule has 0 heterocycles. The van der Waals surface area contributed by atoms with Crippen LogP contribution in [0.1, 0.15) is 66.7 Å². The Morgan fingerprint density at radius 2 is 2.00 bits per heavy atom. The third-order valence-corrected chi connectivity index (χ3v) is 5.42. The summed E-state index contributed by atoms with van der Waals surface area (Å²) in [5, 5.41) is 0. The van der Waals surface area contributed by atoms with Gasteiger partial charge in [0.1, 0.15) is 0 Å². The maximum absolute atomic E-state index is 2.47. The van der Waals surface area contributed by atoms with E-state index in [1.165, 1.54) is 32.1 Å². The summed E-state index contributed by atoms with van der Waals surface area (Å²) in [7, 11) is 0. The predicted molar refractivity (Wildman–Crippen MR) is 80.5 cm³/mol. The lowest BCUT2D eigenvalue weighted by Crippen LogP contribution is -2.28. The highest BCUT2D eigenvalue weighted by atomic mass is 14.5. The molecular weight excluding hydrogens is 216 g/mol.